The van der Waals surface area contributed by atoms with Gasteiger partial charge in [0, 0.05) is 13.1 Å². The summed E-state index contributed by atoms with van der Waals surface area (Å²) in [5.41, 5.74) is -1.36. The lowest BCUT2D eigenvalue weighted by Crippen LogP contribution is -2.54. The van der Waals surface area contributed by atoms with Crippen molar-refractivity contribution in [1.29, 1.82) is 0 Å². The number of aliphatic carboxylic acids is 1. The molecule has 0 aliphatic carbocycles. The SMILES string of the molecule is CCS(=O)(=O)N1CCCC(C(=O)NC(C)(C)C(=O)O)C1. The number of piperidine rings is 1. The summed E-state index contributed by atoms with van der Waals surface area (Å²) in [6.45, 7) is 4.90. The lowest BCUT2D eigenvalue weighted by molar-refractivity contribution is -0.146. The van der Waals surface area contributed by atoms with Crippen molar-refractivity contribution >= 4 is 21.9 Å². The Morgan fingerprint density at radius 3 is 2.50 bits per heavy atom. The molecular formula is C12H22N2O5S. The van der Waals surface area contributed by atoms with Crippen molar-refractivity contribution in [3.05, 3.63) is 0 Å². The topological polar surface area (TPSA) is 104 Å². The average Bonchev–Trinajstić information content (AvgIpc) is 2.38. The second kappa shape index (κ2) is 6.09. The van der Waals surface area contributed by atoms with Crippen molar-refractivity contribution in [2.24, 2.45) is 5.92 Å². The minimum absolute atomic E-state index is 0.00194. The van der Waals surface area contributed by atoms with Gasteiger partial charge in [0.2, 0.25) is 15.9 Å². The van der Waals surface area contributed by atoms with Gasteiger partial charge < -0.3 is 10.4 Å². The van der Waals surface area contributed by atoms with Crippen LogP contribution in [0.2, 0.25) is 0 Å². The molecule has 1 heterocycles. The van der Waals surface area contributed by atoms with Crippen LogP contribution < -0.4 is 5.32 Å². The number of nitrogens with one attached hydrogen (secondary N) is 1. The highest BCUT2D eigenvalue weighted by Gasteiger charge is 2.35. The van der Waals surface area contributed by atoms with Gasteiger partial charge in [-0.2, -0.15) is 0 Å². The maximum absolute atomic E-state index is 12.1. The first kappa shape index (κ1) is 16.9. The summed E-state index contributed by atoms with van der Waals surface area (Å²) in [5.74, 6) is -2.03. The van der Waals surface area contributed by atoms with E-state index in [1.807, 2.05) is 0 Å². The molecule has 1 atom stereocenters. The summed E-state index contributed by atoms with van der Waals surface area (Å²) in [6.07, 6.45) is 1.17. The maximum Gasteiger partial charge on any atom is 0.328 e. The summed E-state index contributed by atoms with van der Waals surface area (Å²) in [7, 11) is -3.31. The van der Waals surface area contributed by atoms with Gasteiger partial charge in [-0.25, -0.2) is 17.5 Å². The average molecular weight is 306 g/mol. The third-order valence-electron chi connectivity index (χ3n) is 3.48. The minimum Gasteiger partial charge on any atom is -0.480 e. The summed E-state index contributed by atoms with van der Waals surface area (Å²) in [5, 5.41) is 11.4. The molecule has 1 saturated heterocycles. The molecule has 0 bridgehead atoms. The molecule has 0 radical (unpaired) electrons. The molecule has 1 aliphatic rings. The number of carbonyl (C=O) groups excluding carboxylic acids is 1. The summed E-state index contributed by atoms with van der Waals surface area (Å²) in [4.78, 5) is 23.1. The van der Waals surface area contributed by atoms with Crippen molar-refractivity contribution in [3.8, 4) is 0 Å². The standard InChI is InChI=1S/C12H22N2O5S/c1-4-20(18,19)14-7-5-6-9(8-14)10(15)13-12(2,3)11(16)17/h9H,4-8H2,1-3H3,(H,13,15)(H,16,17). The molecule has 1 amide bonds. The van der Waals surface area contributed by atoms with Gasteiger partial charge in [-0.15, -0.1) is 0 Å². The summed E-state index contributed by atoms with van der Waals surface area (Å²) < 4.78 is 24.9. The number of hydrogen-bond acceptors (Lipinski definition) is 4. The molecule has 0 aromatic carbocycles. The maximum atomic E-state index is 12.1. The van der Waals surface area contributed by atoms with Crippen LogP contribution in [0.3, 0.4) is 0 Å². The highest BCUT2D eigenvalue weighted by molar-refractivity contribution is 7.89. The molecule has 20 heavy (non-hydrogen) atoms. The van der Waals surface area contributed by atoms with Crippen molar-refractivity contribution in [2.75, 3.05) is 18.8 Å². The van der Waals surface area contributed by atoms with Crippen LogP contribution in [0.5, 0.6) is 0 Å². The number of sulfonamides is 1. The zero-order valence-corrected chi connectivity index (χ0v) is 12.9. The minimum atomic E-state index is -3.31. The van der Waals surface area contributed by atoms with E-state index in [4.69, 9.17) is 5.11 Å². The van der Waals surface area contributed by atoms with Crippen LogP contribution in [0.1, 0.15) is 33.6 Å². The first-order valence-electron chi connectivity index (χ1n) is 6.63. The molecule has 0 saturated carbocycles. The van der Waals surface area contributed by atoms with Gasteiger partial charge >= 0.3 is 5.97 Å². The fourth-order valence-electron chi connectivity index (χ4n) is 2.06. The van der Waals surface area contributed by atoms with Gasteiger partial charge in [0.1, 0.15) is 5.54 Å². The van der Waals surface area contributed by atoms with E-state index in [-0.39, 0.29) is 12.3 Å². The van der Waals surface area contributed by atoms with Gasteiger partial charge in [-0.05, 0) is 33.6 Å². The molecule has 1 aliphatic heterocycles. The van der Waals surface area contributed by atoms with Gasteiger partial charge in [0.05, 0.1) is 11.7 Å². The monoisotopic (exact) mass is 306 g/mol. The third kappa shape index (κ3) is 3.92. The number of carbonyl (C=O) groups is 2. The molecule has 1 fully saturated rings. The fraction of sp³-hybridized carbons (Fsp3) is 0.833. The van der Waals surface area contributed by atoms with Crippen LogP contribution in [0.4, 0.5) is 0 Å². The van der Waals surface area contributed by atoms with Crippen LogP contribution in [-0.2, 0) is 19.6 Å². The Bertz CT molecular complexity index is 486. The lowest BCUT2D eigenvalue weighted by atomic mass is 9.96. The zero-order valence-electron chi connectivity index (χ0n) is 12.0. The van der Waals surface area contributed by atoms with E-state index < -0.39 is 33.4 Å². The highest BCUT2D eigenvalue weighted by atomic mass is 32.2. The van der Waals surface area contributed by atoms with E-state index in [1.165, 1.54) is 18.2 Å². The van der Waals surface area contributed by atoms with Crippen LogP contribution in [0.15, 0.2) is 0 Å². The number of hydrogen-bond donors (Lipinski definition) is 2. The van der Waals surface area contributed by atoms with E-state index in [0.717, 1.165) is 0 Å². The van der Waals surface area contributed by atoms with Gasteiger partial charge in [0.25, 0.3) is 0 Å². The molecule has 0 aromatic heterocycles. The number of carboxylic acid groups (broad SMARTS) is 1. The van der Waals surface area contributed by atoms with Crippen LogP contribution in [-0.4, -0.2) is 54.1 Å². The normalized spacial score (nSPS) is 21.4. The number of amides is 1. The smallest absolute Gasteiger partial charge is 0.328 e. The molecule has 1 unspecified atom stereocenters. The summed E-state index contributed by atoms with van der Waals surface area (Å²) >= 11 is 0. The highest BCUT2D eigenvalue weighted by Crippen LogP contribution is 2.20. The van der Waals surface area contributed by atoms with E-state index >= 15 is 0 Å². The molecule has 0 spiro atoms. The third-order valence-corrected chi connectivity index (χ3v) is 5.33. The lowest BCUT2D eigenvalue weighted by Gasteiger charge is -2.32. The fourth-order valence-corrected chi connectivity index (χ4v) is 3.23. The Labute approximate surface area is 119 Å². The van der Waals surface area contributed by atoms with Crippen molar-refractivity contribution in [3.63, 3.8) is 0 Å². The first-order valence-corrected chi connectivity index (χ1v) is 8.24. The summed E-state index contributed by atoms with van der Waals surface area (Å²) in [6, 6.07) is 0. The van der Waals surface area contributed by atoms with Gasteiger partial charge in [0.15, 0.2) is 0 Å². The first-order chi connectivity index (χ1) is 9.10. The predicted octanol–water partition coefficient (Wildman–Crippen LogP) is 0.0275. The number of nitrogens with zero attached hydrogens (tertiary/aromatic N) is 1. The van der Waals surface area contributed by atoms with Crippen molar-refractivity contribution in [1.82, 2.24) is 9.62 Å². The quantitative estimate of drug-likeness (QED) is 0.745. The Hall–Kier alpha value is -1.15. The van der Waals surface area contributed by atoms with Crippen molar-refractivity contribution < 1.29 is 23.1 Å². The van der Waals surface area contributed by atoms with E-state index in [0.29, 0.717) is 19.4 Å². The molecule has 116 valence electrons. The van der Waals surface area contributed by atoms with Gasteiger partial charge in [-0.3, -0.25) is 4.79 Å². The second-order valence-corrected chi connectivity index (χ2v) is 7.77. The Balaban J connectivity index is 2.73. The Morgan fingerprint density at radius 2 is 2.00 bits per heavy atom. The molecular weight excluding hydrogens is 284 g/mol. The van der Waals surface area contributed by atoms with E-state index in [9.17, 15) is 18.0 Å². The zero-order chi connectivity index (χ0) is 15.6. The van der Waals surface area contributed by atoms with E-state index in [1.54, 1.807) is 6.92 Å². The predicted molar refractivity (Wildman–Crippen MR) is 73.6 cm³/mol. The van der Waals surface area contributed by atoms with Crippen LogP contribution in [0, 0.1) is 5.92 Å². The molecule has 8 heteroatoms. The second-order valence-electron chi connectivity index (χ2n) is 5.52. The molecule has 2 N–H and O–H groups in total. The Kier molecular flexibility index (Phi) is 5.15. The van der Waals surface area contributed by atoms with Crippen LogP contribution >= 0.6 is 0 Å². The molecule has 1 rings (SSSR count). The number of carboxylic acids is 1. The van der Waals surface area contributed by atoms with Gasteiger partial charge in [-0.1, -0.05) is 0 Å². The molecule has 7 nitrogen and oxygen atoms in total. The Morgan fingerprint density at radius 1 is 1.40 bits per heavy atom. The number of rotatable bonds is 5. The van der Waals surface area contributed by atoms with Crippen LogP contribution in [0.25, 0.3) is 0 Å². The van der Waals surface area contributed by atoms with E-state index in [2.05, 4.69) is 5.32 Å². The largest absolute Gasteiger partial charge is 0.480 e. The van der Waals surface area contributed by atoms with Crippen molar-refractivity contribution in [2.45, 2.75) is 39.2 Å². The molecule has 0 aromatic rings.